The van der Waals surface area contributed by atoms with Gasteiger partial charge in [0, 0.05) is 33.7 Å². The largest absolute Gasteiger partial charge is 0.465 e. The van der Waals surface area contributed by atoms with Gasteiger partial charge in [0.05, 0.1) is 18.8 Å². The normalized spacial score (nSPS) is 22.3. The van der Waals surface area contributed by atoms with Crippen molar-refractivity contribution < 1.29 is 23.9 Å². The highest BCUT2D eigenvalue weighted by atomic mass is 32.1. The number of hydrogen-bond acceptors (Lipinski definition) is 8. The first-order valence-corrected chi connectivity index (χ1v) is 13.5. The summed E-state index contributed by atoms with van der Waals surface area (Å²) in [6.45, 7) is 6.01. The molecule has 0 amide bonds. The van der Waals surface area contributed by atoms with Gasteiger partial charge in [0.2, 0.25) is 0 Å². The topological polar surface area (TPSA) is 81.7 Å². The van der Waals surface area contributed by atoms with E-state index in [-0.39, 0.29) is 24.9 Å². The van der Waals surface area contributed by atoms with Crippen LogP contribution in [-0.2, 0) is 23.9 Å². The fourth-order valence-electron chi connectivity index (χ4n) is 4.89. The van der Waals surface area contributed by atoms with Gasteiger partial charge in [-0.1, -0.05) is 19.4 Å². The van der Waals surface area contributed by atoms with Gasteiger partial charge in [0.1, 0.15) is 5.92 Å². The van der Waals surface area contributed by atoms with Crippen LogP contribution in [0.1, 0.15) is 62.3 Å². The molecule has 4 rings (SSSR count). The number of Topliss-reactive ketones (excluding diaryl/α,β-unsaturated/α-hetero) is 1. The minimum absolute atomic E-state index is 0.201. The Hall–Kier alpha value is -2.71. The quantitative estimate of drug-likeness (QED) is 0.392. The Kier molecular flexibility index (Phi) is 7.68. The highest BCUT2D eigenvalue weighted by Crippen LogP contribution is 2.49. The molecular formula is C26H29NO5S2. The van der Waals surface area contributed by atoms with Crippen molar-refractivity contribution in [2.75, 3.05) is 13.2 Å². The Bertz CT molecular complexity index is 1110. The molecule has 1 aliphatic carbocycles. The lowest BCUT2D eigenvalue weighted by atomic mass is 9.68. The molecule has 1 N–H and O–H groups in total. The molecule has 0 saturated heterocycles. The van der Waals surface area contributed by atoms with E-state index in [1.165, 1.54) is 22.7 Å². The van der Waals surface area contributed by atoms with E-state index in [1.54, 1.807) is 13.8 Å². The summed E-state index contributed by atoms with van der Waals surface area (Å²) in [6, 6.07) is 5.83. The molecule has 2 aromatic rings. The number of esters is 2. The molecular weight excluding hydrogens is 470 g/mol. The molecule has 0 spiro atoms. The Labute approximate surface area is 207 Å². The van der Waals surface area contributed by atoms with Gasteiger partial charge in [0.15, 0.2) is 5.78 Å². The van der Waals surface area contributed by atoms with E-state index >= 15 is 0 Å². The summed E-state index contributed by atoms with van der Waals surface area (Å²) in [5.41, 5.74) is 3.39. The number of ketones is 1. The van der Waals surface area contributed by atoms with Gasteiger partial charge in [-0.05, 0) is 60.5 Å². The molecule has 0 unspecified atom stereocenters. The third-order valence-electron chi connectivity index (χ3n) is 6.22. The highest BCUT2D eigenvalue weighted by Gasteiger charge is 2.49. The molecule has 0 aromatic carbocycles. The van der Waals surface area contributed by atoms with E-state index in [0.29, 0.717) is 24.0 Å². The summed E-state index contributed by atoms with van der Waals surface area (Å²) in [5.74, 6) is -3.05. The third kappa shape index (κ3) is 4.49. The molecule has 0 fully saturated rings. The zero-order valence-electron chi connectivity index (χ0n) is 19.6. The lowest BCUT2D eigenvalue weighted by Gasteiger charge is -2.39. The van der Waals surface area contributed by atoms with Crippen molar-refractivity contribution in [2.24, 2.45) is 5.92 Å². The minimum Gasteiger partial charge on any atom is -0.465 e. The van der Waals surface area contributed by atoms with Crippen molar-refractivity contribution in [3.05, 3.63) is 67.3 Å². The number of hydrogen-bond donors (Lipinski definition) is 1. The third-order valence-corrected chi connectivity index (χ3v) is 7.93. The summed E-state index contributed by atoms with van der Waals surface area (Å²) in [6.07, 6.45) is 1.98. The van der Waals surface area contributed by atoms with Crippen LogP contribution in [0.15, 0.2) is 56.9 Å². The zero-order chi connectivity index (χ0) is 24.2. The smallest absolute Gasteiger partial charge is 0.336 e. The number of nitrogens with one attached hydrogen (secondary N) is 1. The first-order valence-electron chi connectivity index (χ1n) is 11.7. The number of rotatable bonds is 8. The van der Waals surface area contributed by atoms with Crippen molar-refractivity contribution in [2.45, 2.75) is 51.9 Å². The molecule has 3 atom stereocenters. The van der Waals surface area contributed by atoms with Crippen LogP contribution in [0.5, 0.6) is 0 Å². The van der Waals surface area contributed by atoms with E-state index < -0.39 is 23.8 Å². The van der Waals surface area contributed by atoms with Gasteiger partial charge in [-0.3, -0.25) is 9.59 Å². The molecule has 34 heavy (non-hydrogen) atoms. The van der Waals surface area contributed by atoms with Crippen molar-refractivity contribution in [1.82, 2.24) is 5.32 Å². The van der Waals surface area contributed by atoms with E-state index in [0.717, 1.165) is 28.3 Å². The standard InChI is InChI=1S/C26H29NO5S2/c1-4-8-17-23(26(30)32-6-3)20(15-10-12-33-14-15)22-18(27-17)13-16(19-9-7-11-34-19)21(24(22)28)25(29)31-5-2/h7,9-12,14,16,20-21,27H,4-6,8,13H2,1-3H3/t16-,20-,21-/m0/s1. The van der Waals surface area contributed by atoms with Crippen LogP contribution in [0.25, 0.3) is 0 Å². The number of dihydropyridines is 1. The Morgan fingerprint density at radius 1 is 1.12 bits per heavy atom. The van der Waals surface area contributed by atoms with Crippen molar-refractivity contribution in [3.63, 3.8) is 0 Å². The number of carbonyl (C=O) groups excluding carboxylic acids is 3. The van der Waals surface area contributed by atoms with Crippen LogP contribution < -0.4 is 5.32 Å². The van der Waals surface area contributed by atoms with Crippen LogP contribution in [-0.4, -0.2) is 30.9 Å². The molecule has 180 valence electrons. The van der Waals surface area contributed by atoms with Crippen LogP contribution in [0, 0.1) is 5.92 Å². The summed E-state index contributed by atoms with van der Waals surface area (Å²) < 4.78 is 10.8. The fourth-order valence-corrected chi connectivity index (χ4v) is 6.44. The Morgan fingerprint density at radius 2 is 1.91 bits per heavy atom. The molecule has 2 aromatic heterocycles. The number of allylic oxidation sites excluding steroid dienone is 3. The van der Waals surface area contributed by atoms with Gasteiger partial charge < -0.3 is 14.8 Å². The SMILES string of the molecule is CCCC1=C(C(=O)OCC)[C@@H](c2ccsc2)C2=C(C[C@@H](c3cccs3)[C@H](C(=O)OCC)C2=O)N1. The average molecular weight is 500 g/mol. The van der Waals surface area contributed by atoms with Crippen LogP contribution in [0.2, 0.25) is 0 Å². The molecule has 6 nitrogen and oxygen atoms in total. The molecule has 1 aliphatic heterocycles. The van der Waals surface area contributed by atoms with E-state index in [2.05, 4.69) is 12.2 Å². The van der Waals surface area contributed by atoms with Gasteiger partial charge in [-0.25, -0.2) is 4.79 Å². The maximum atomic E-state index is 14.1. The molecule has 0 bridgehead atoms. The summed E-state index contributed by atoms with van der Waals surface area (Å²) in [5, 5.41) is 9.29. The predicted octanol–water partition coefficient (Wildman–Crippen LogP) is 5.30. The van der Waals surface area contributed by atoms with E-state index in [1.807, 2.05) is 34.3 Å². The Morgan fingerprint density at radius 3 is 2.53 bits per heavy atom. The van der Waals surface area contributed by atoms with Crippen LogP contribution >= 0.6 is 22.7 Å². The molecule has 2 aliphatic rings. The summed E-state index contributed by atoms with van der Waals surface area (Å²) >= 11 is 3.05. The number of ether oxygens (including phenoxy) is 2. The van der Waals surface area contributed by atoms with Crippen LogP contribution in [0.3, 0.4) is 0 Å². The second-order valence-corrected chi connectivity index (χ2v) is 10.0. The molecule has 0 radical (unpaired) electrons. The fraction of sp³-hybridized carbons (Fsp3) is 0.423. The summed E-state index contributed by atoms with van der Waals surface area (Å²) in [7, 11) is 0. The maximum absolute atomic E-state index is 14.1. The second-order valence-electron chi connectivity index (χ2n) is 8.29. The molecule has 0 saturated carbocycles. The average Bonchev–Trinajstić information content (AvgIpc) is 3.53. The number of carbonyl (C=O) groups is 3. The van der Waals surface area contributed by atoms with Crippen molar-refractivity contribution in [3.8, 4) is 0 Å². The van der Waals surface area contributed by atoms with E-state index in [9.17, 15) is 14.4 Å². The van der Waals surface area contributed by atoms with Crippen molar-refractivity contribution in [1.29, 1.82) is 0 Å². The lowest BCUT2D eigenvalue weighted by molar-refractivity contribution is -0.152. The van der Waals surface area contributed by atoms with Gasteiger partial charge in [-0.15, -0.1) is 11.3 Å². The Balaban J connectivity index is 1.88. The summed E-state index contributed by atoms with van der Waals surface area (Å²) in [4.78, 5) is 41.4. The van der Waals surface area contributed by atoms with Crippen molar-refractivity contribution >= 4 is 40.4 Å². The van der Waals surface area contributed by atoms with Crippen LogP contribution in [0.4, 0.5) is 0 Å². The van der Waals surface area contributed by atoms with Gasteiger partial charge >= 0.3 is 11.9 Å². The first kappa shape index (κ1) is 24.4. The highest BCUT2D eigenvalue weighted by molar-refractivity contribution is 7.10. The second kappa shape index (κ2) is 10.7. The maximum Gasteiger partial charge on any atom is 0.336 e. The zero-order valence-corrected chi connectivity index (χ0v) is 21.2. The van der Waals surface area contributed by atoms with Gasteiger partial charge in [0.25, 0.3) is 0 Å². The molecule has 8 heteroatoms. The first-order chi connectivity index (χ1) is 16.5. The van der Waals surface area contributed by atoms with Gasteiger partial charge in [-0.2, -0.15) is 11.3 Å². The predicted molar refractivity (Wildman–Crippen MR) is 133 cm³/mol. The monoisotopic (exact) mass is 499 g/mol. The van der Waals surface area contributed by atoms with E-state index in [4.69, 9.17) is 9.47 Å². The number of thiophene rings is 2. The lowest BCUT2D eigenvalue weighted by Crippen LogP contribution is -2.43. The minimum atomic E-state index is -0.948. The molecule has 3 heterocycles.